The zero-order valence-corrected chi connectivity index (χ0v) is 16.4. The summed E-state index contributed by atoms with van der Waals surface area (Å²) in [6.45, 7) is 14.6. The first-order chi connectivity index (χ1) is 11.8. The first-order valence-corrected chi connectivity index (χ1v) is 9.60. The van der Waals surface area contributed by atoms with E-state index in [9.17, 15) is 0 Å². The topological polar surface area (TPSA) is 58.1 Å². The Labute approximate surface area is 149 Å². The van der Waals surface area contributed by atoms with Crippen LogP contribution in [0.3, 0.4) is 0 Å². The molecule has 0 heterocycles. The van der Waals surface area contributed by atoms with Crippen molar-refractivity contribution in [1.29, 1.82) is 0 Å². The van der Waals surface area contributed by atoms with Crippen molar-refractivity contribution in [3.05, 3.63) is 0 Å². The van der Waals surface area contributed by atoms with E-state index >= 15 is 0 Å². The van der Waals surface area contributed by atoms with E-state index in [1.807, 2.05) is 0 Å². The second-order valence-corrected chi connectivity index (χ2v) is 5.74. The number of rotatable bonds is 16. The molecule has 0 amide bonds. The molecular weight excluding hydrogens is 304 g/mol. The SMILES string of the molecule is CCCCOCCOCCNC(=NC)NCCCCN(CC)CC. The van der Waals surface area contributed by atoms with Crippen molar-refractivity contribution >= 4 is 5.96 Å². The molecule has 6 heteroatoms. The van der Waals surface area contributed by atoms with Gasteiger partial charge in [0.1, 0.15) is 0 Å². The maximum absolute atomic E-state index is 5.53. The number of nitrogens with one attached hydrogen (secondary N) is 2. The van der Waals surface area contributed by atoms with Gasteiger partial charge in [-0.05, 0) is 38.9 Å². The quantitative estimate of drug-likeness (QED) is 0.255. The van der Waals surface area contributed by atoms with Crippen molar-refractivity contribution in [1.82, 2.24) is 15.5 Å². The number of hydrogen-bond acceptors (Lipinski definition) is 4. The van der Waals surface area contributed by atoms with Gasteiger partial charge >= 0.3 is 0 Å². The van der Waals surface area contributed by atoms with Crippen LogP contribution >= 0.6 is 0 Å². The monoisotopic (exact) mass is 344 g/mol. The predicted octanol–water partition coefficient (Wildman–Crippen LogP) is 2.11. The van der Waals surface area contributed by atoms with E-state index in [-0.39, 0.29) is 0 Å². The molecule has 0 aromatic heterocycles. The molecule has 24 heavy (non-hydrogen) atoms. The largest absolute Gasteiger partial charge is 0.379 e. The fourth-order valence-electron chi connectivity index (χ4n) is 2.24. The minimum absolute atomic E-state index is 0.656. The van der Waals surface area contributed by atoms with Crippen LogP contribution in [0, 0.1) is 0 Å². The van der Waals surface area contributed by atoms with E-state index in [4.69, 9.17) is 9.47 Å². The maximum atomic E-state index is 5.53. The molecule has 2 N–H and O–H groups in total. The van der Waals surface area contributed by atoms with Gasteiger partial charge in [-0.2, -0.15) is 0 Å². The molecule has 144 valence electrons. The molecule has 0 aliphatic rings. The van der Waals surface area contributed by atoms with Gasteiger partial charge in [0.2, 0.25) is 0 Å². The van der Waals surface area contributed by atoms with Crippen molar-refractivity contribution in [3.8, 4) is 0 Å². The lowest BCUT2D eigenvalue weighted by Crippen LogP contribution is -2.39. The van der Waals surface area contributed by atoms with E-state index in [1.165, 1.54) is 19.4 Å². The molecule has 0 aromatic rings. The van der Waals surface area contributed by atoms with Crippen molar-refractivity contribution in [2.75, 3.05) is 66.2 Å². The van der Waals surface area contributed by atoms with E-state index in [1.54, 1.807) is 7.05 Å². The van der Waals surface area contributed by atoms with Crippen LogP contribution in [0.25, 0.3) is 0 Å². The minimum Gasteiger partial charge on any atom is -0.379 e. The summed E-state index contributed by atoms with van der Waals surface area (Å²) in [5.41, 5.74) is 0. The Morgan fingerprint density at radius 2 is 1.50 bits per heavy atom. The Bertz CT molecular complexity index is 284. The lowest BCUT2D eigenvalue weighted by atomic mass is 10.3. The van der Waals surface area contributed by atoms with Crippen LogP contribution in [0.1, 0.15) is 46.5 Å². The zero-order chi connectivity index (χ0) is 17.9. The van der Waals surface area contributed by atoms with E-state index in [0.29, 0.717) is 19.8 Å². The Morgan fingerprint density at radius 1 is 0.833 bits per heavy atom. The molecule has 0 unspecified atom stereocenters. The normalized spacial score (nSPS) is 12.0. The molecule has 6 nitrogen and oxygen atoms in total. The number of ether oxygens (including phenoxy) is 2. The summed E-state index contributed by atoms with van der Waals surface area (Å²) in [5, 5.41) is 6.61. The minimum atomic E-state index is 0.656. The van der Waals surface area contributed by atoms with Gasteiger partial charge in [0, 0.05) is 26.7 Å². The number of unbranched alkanes of at least 4 members (excludes halogenated alkanes) is 2. The van der Waals surface area contributed by atoms with Gasteiger partial charge in [-0.25, -0.2) is 0 Å². The molecule has 0 aromatic carbocycles. The highest BCUT2D eigenvalue weighted by Gasteiger charge is 2.00. The molecule has 0 bridgehead atoms. The van der Waals surface area contributed by atoms with Crippen LogP contribution in [0.2, 0.25) is 0 Å². The highest BCUT2D eigenvalue weighted by molar-refractivity contribution is 5.79. The van der Waals surface area contributed by atoms with E-state index < -0.39 is 0 Å². The average molecular weight is 345 g/mol. The van der Waals surface area contributed by atoms with Crippen LogP contribution in [0.5, 0.6) is 0 Å². The van der Waals surface area contributed by atoms with Gasteiger partial charge < -0.3 is 25.0 Å². The fraction of sp³-hybridized carbons (Fsp3) is 0.944. The Hall–Kier alpha value is -0.850. The lowest BCUT2D eigenvalue weighted by molar-refractivity contribution is 0.0487. The van der Waals surface area contributed by atoms with Crippen LogP contribution < -0.4 is 10.6 Å². The van der Waals surface area contributed by atoms with Crippen molar-refractivity contribution in [2.45, 2.75) is 46.5 Å². The van der Waals surface area contributed by atoms with Gasteiger partial charge in [0.25, 0.3) is 0 Å². The summed E-state index contributed by atoms with van der Waals surface area (Å²) in [4.78, 5) is 6.68. The molecule has 0 saturated carbocycles. The van der Waals surface area contributed by atoms with E-state index in [0.717, 1.165) is 51.6 Å². The standard InChI is InChI=1S/C18H40N4O2/c1-5-8-14-23-16-17-24-15-12-21-18(19-4)20-11-9-10-13-22(6-2)7-3/h5-17H2,1-4H3,(H2,19,20,21). The van der Waals surface area contributed by atoms with Gasteiger partial charge in [0.05, 0.1) is 19.8 Å². The molecule has 0 aliphatic heterocycles. The van der Waals surface area contributed by atoms with E-state index in [2.05, 4.69) is 41.3 Å². The lowest BCUT2D eigenvalue weighted by Gasteiger charge is -2.18. The van der Waals surface area contributed by atoms with Crippen molar-refractivity contribution in [2.24, 2.45) is 4.99 Å². The summed E-state index contributed by atoms with van der Waals surface area (Å²) in [6.07, 6.45) is 4.67. The summed E-state index contributed by atoms with van der Waals surface area (Å²) in [6, 6.07) is 0. The molecule has 0 fully saturated rings. The second kappa shape index (κ2) is 18.5. The second-order valence-electron chi connectivity index (χ2n) is 5.74. The third-order valence-corrected chi connectivity index (χ3v) is 3.86. The number of guanidine groups is 1. The van der Waals surface area contributed by atoms with Crippen molar-refractivity contribution < 1.29 is 9.47 Å². The Morgan fingerprint density at radius 3 is 2.12 bits per heavy atom. The Kier molecular flexibility index (Phi) is 17.8. The highest BCUT2D eigenvalue weighted by atomic mass is 16.5. The van der Waals surface area contributed by atoms with Crippen LogP contribution in [-0.4, -0.2) is 77.1 Å². The summed E-state index contributed by atoms with van der Waals surface area (Å²) < 4.78 is 11.0. The highest BCUT2D eigenvalue weighted by Crippen LogP contribution is 1.93. The summed E-state index contributed by atoms with van der Waals surface area (Å²) >= 11 is 0. The first-order valence-electron chi connectivity index (χ1n) is 9.60. The number of aliphatic imine (C=N–C) groups is 1. The smallest absolute Gasteiger partial charge is 0.191 e. The van der Waals surface area contributed by atoms with Gasteiger partial charge in [0.15, 0.2) is 5.96 Å². The molecular formula is C18H40N4O2. The maximum Gasteiger partial charge on any atom is 0.191 e. The zero-order valence-electron chi connectivity index (χ0n) is 16.4. The third kappa shape index (κ3) is 14.7. The molecule has 0 rings (SSSR count). The third-order valence-electron chi connectivity index (χ3n) is 3.86. The summed E-state index contributed by atoms with van der Waals surface area (Å²) in [5.74, 6) is 0.848. The molecule has 0 radical (unpaired) electrons. The predicted molar refractivity (Wildman–Crippen MR) is 103 cm³/mol. The number of hydrogen-bond donors (Lipinski definition) is 2. The molecule has 0 spiro atoms. The molecule has 0 aliphatic carbocycles. The summed E-state index contributed by atoms with van der Waals surface area (Å²) in [7, 11) is 1.80. The van der Waals surface area contributed by atoms with Gasteiger partial charge in [-0.1, -0.05) is 27.2 Å². The van der Waals surface area contributed by atoms with Crippen molar-refractivity contribution in [3.63, 3.8) is 0 Å². The average Bonchev–Trinajstić information content (AvgIpc) is 2.61. The van der Waals surface area contributed by atoms with Gasteiger partial charge in [-0.3, -0.25) is 4.99 Å². The molecule has 0 atom stereocenters. The van der Waals surface area contributed by atoms with Crippen LogP contribution in [0.15, 0.2) is 4.99 Å². The Balaban J connectivity index is 3.44. The molecule has 0 saturated heterocycles. The number of nitrogens with zero attached hydrogens (tertiary/aromatic N) is 2. The van der Waals surface area contributed by atoms with Crippen LogP contribution in [-0.2, 0) is 9.47 Å². The first kappa shape index (κ1) is 23.1. The fourth-order valence-corrected chi connectivity index (χ4v) is 2.24. The van der Waals surface area contributed by atoms with Crippen LogP contribution in [0.4, 0.5) is 0 Å². The van der Waals surface area contributed by atoms with Gasteiger partial charge in [-0.15, -0.1) is 0 Å².